The number of nitrogens with one attached hydrogen (secondary N) is 1. The summed E-state index contributed by atoms with van der Waals surface area (Å²) in [4.78, 5) is 14.5. The van der Waals surface area contributed by atoms with E-state index in [1.807, 2.05) is 25.1 Å². The number of rotatable bonds is 6. The number of benzene rings is 2. The fourth-order valence-electron chi connectivity index (χ4n) is 4.75. The molecular weight excluding hydrogens is 360 g/mol. The van der Waals surface area contributed by atoms with Crippen LogP contribution in [0.25, 0.3) is 0 Å². The van der Waals surface area contributed by atoms with Gasteiger partial charge in [0.25, 0.3) is 0 Å². The molecule has 2 aromatic rings. The molecule has 29 heavy (non-hydrogen) atoms. The van der Waals surface area contributed by atoms with E-state index in [1.165, 1.54) is 16.8 Å². The number of ether oxygens (including phenoxy) is 1. The van der Waals surface area contributed by atoms with E-state index in [0.717, 1.165) is 25.2 Å². The summed E-state index contributed by atoms with van der Waals surface area (Å²) in [6.07, 6.45) is 5.63. The third kappa shape index (κ3) is 3.64. The van der Waals surface area contributed by atoms with E-state index in [2.05, 4.69) is 60.5 Å². The van der Waals surface area contributed by atoms with Crippen LogP contribution in [0.4, 0.5) is 11.4 Å². The average molecular weight is 391 g/mol. The van der Waals surface area contributed by atoms with Crippen molar-refractivity contribution in [3.8, 4) is 0 Å². The van der Waals surface area contributed by atoms with Gasteiger partial charge in [0, 0.05) is 30.4 Å². The van der Waals surface area contributed by atoms with Crippen molar-refractivity contribution in [2.75, 3.05) is 29.9 Å². The van der Waals surface area contributed by atoms with Crippen molar-refractivity contribution in [3.63, 3.8) is 0 Å². The van der Waals surface area contributed by atoms with E-state index >= 15 is 0 Å². The van der Waals surface area contributed by atoms with Crippen LogP contribution in [-0.4, -0.2) is 25.7 Å². The predicted molar refractivity (Wildman–Crippen MR) is 119 cm³/mol. The largest absolute Gasteiger partial charge is 0.462 e. The lowest BCUT2D eigenvalue weighted by Gasteiger charge is -2.38. The summed E-state index contributed by atoms with van der Waals surface area (Å²) in [5, 5.41) is 3.75. The zero-order valence-electron chi connectivity index (χ0n) is 17.5. The molecule has 1 heterocycles. The molecule has 0 spiro atoms. The average Bonchev–Trinajstić information content (AvgIpc) is 3.25. The van der Waals surface area contributed by atoms with Crippen molar-refractivity contribution >= 4 is 17.3 Å². The Labute approximate surface area is 173 Å². The molecule has 1 aliphatic carbocycles. The Bertz CT molecular complexity index is 900. The predicted octanol–water partition coefficient (Wildman–Crippen LogP) is 5.54. The summed E-state index contributed by atoms with van der Waals surface area (Å²) < 4.78 is 5.19. The maximum Gasteiger partial charge on any atom is 0.338 e. The molecule has 0 fully saturated rings. The molecule has 1 N–H and O–H groups in total. The molecule has 4 heteroatoms. The second-order valence-corrected chi connectivity index (χ2v) is 7.76. The fraction of sp³-hybridized carbons (Fsp3) is 0.400. The van der Waals surface area contributed by atoms with Gasteiger partial charge in [-0.05, 0) is 74.6 Å². The van der Waals surface area contributed by atoms with Crippen LogP contribution < -0.4 is 10.2 Å². The van der Waals surface area contributed by atoms with Gasteiger partial charge in [0.2, 0.25) is 0 Å². The minimum atomic E-state index is -0.247. The molecule has 2 aliphatic rings. The summed E-state index contributed by atoms with van der Waals surface area (Å²) in [5.41, 5.74) is 5.54. The summed E-state index contributed by atoms with van der Waals surface area (Å²) in [6.45, 7) is 8.65. The van der Waals surface area contributed by atoms with Gasteiger partial charge >= 0.3 is 5.97 Å². The zero-order chi connectivity index (χ0) is 20.4. The van der Waals surface area contributed by atoms with Gasteiger partial charge in [-0.3, -0.25) is 0 Å². The second-order valence-electron chi connectivity index (χ2n) is 7.76. The van der Waals surface area contributed by atoms with Gasteiger partial charge in [0.05, 0.1) is 18.2 Å². The third-order valence-electron chi connectivity index (χ3n) is 6.25. The number of carbonyl (C=O) groups is 1. The number of hydrogen-bond donors (Lipinski definition) is 1. The minimum Gasteiger partial charge on any atom is -0.462 e. The summed E-state index contributed by atoms with van der Waals surface area (Å²) >= 11 is 0. The lowest BCUT2D eigenvalue weighted by atomic mass is 9.76. The molecule has 2 aromatic carbocycles. The Morgan fingerprint density at radius 2 is 1.86 bits per heavy atom. The van der Waals surface area contributed by atoms with Gasteiger partial charge in [0.15, 0.2) is 0 Å². The molecule has 3 unspecified atom stereocenters. The van der Waals surface area contributed by atoms with Crippen molar-refractivity contribution in [2.24, 2.45) is 5.92 Å². The van der Waals surface area contributed by atoms with Gasteiger partial charge in [-0.1, -0.05) is 24.3 Å². The molecule has 4 nitrogen and oxygen atoms in total. The van der Waals surface area contributed by atoms with E-state index in [4.69, 9.17) is 4.74 Å². The first kappa shape index (κ1) is 19.6. The Morgan fingerprint density at radius 3 is 2.55 bits per heavy atom. The molecule has 3 atom stereocenters. The van der Waals surface area contributed by atoms with Crippen LogP contribution >= 0.6 is 0 Å². The topological polar surface area (TPSA) is 41.6 Å². The van der Waals surface area contributed by atoms with Crippen LogP contribution in [0.3, 0.4) is 0 Å². The standard InChI is InChI=1S/C25H30N2O2/c1-4-27(5-2)19-13-10-17(11-14-19)24-21-9-7-8-20(21)22-16-18(25(28)29-6-3)12-15-23(22)26-24/h7-8,10-16,20-21,24,26H,4-6,9H2,1-3H3. The van der Waals surface area contributed by atoms with Crippen molar-refractivity contribution in [1.82, 2.24) is 0 Å². The van der Waals surface area contributed by atoms with Crippen LogP contribution in [0.2, 0.25) is 0 Å². The van der Waals surface area contributed by atoms with Gasteiger partial charge in [-0.2, -0.15) is 0 Å². The van der Waals surface area contributed by atoms with E-state index < -0.39 is 0 Å². The van der Waals surface area contributed by atoms with Crippen molar-refractivity contribution in [1.29, 1.82) is 0 Å². The third-order valence-corrected chi connectivity index (χ3v) is 6.25. The van der Waals surface area contributed by atoms with Crippen molar-refractivity contribution in [2.45, 2.75) is 39.2 Å². The van der Waals surface area contributed by atoms with Gasteiger partial charge in [0.1, 0.15) is 0 Å². The van der Waals surface area contributed by atoms with E-state index in [1.54, 1.807) is 0 Å². The number of allylic oxidation sites excluding steroid dienone is 2. The molecule has 0 saturated carbocycles. The molecule has 0 bridgehead atoms. The fourth-order valence-corrected chi connectivity index (χ4v) is 4.75. The quantitative estimate of drug-likeness (QED) is 0.520. The molecule has 4 rings (SSSR count). The minimum absolute atomic E-state index is 0.247. The van der Waals surface area contributed by atoms with Crippen LogP contribution in [0.15, 0.2) is 54.6 Å². The molecule has 152 valence electrons. The lowest BCUT2D eigenvalue weighted by molar-refractivity contribution is 0.0526. The zero-order valence-corrected chi connectivity index (χ0v) is 17.5. The highest BCUT2D eigenvalue weighted by Crippen LogP contribution is 2.50. The van der Waals surface area contributed by atoms with Gasteiger partial charge in [-0.15, -0.1) is 0 Å². The van der Waals surface area contributed by atoms with E-state index in [0.29, 0.717) is 24.0 Å². The number of fused-ring (bicyclic) bond motifs is 3. The highest BCUT2D eigenvalue weighted by Gasteiger charge is 2.38. The van der Waals surface area contributed by atoms with Crippen LogP contribution in [0.5, 0.6) is 0 Å². The number of nitrogens with zero attached hydrogens (tertiary/aromatic N) is 1. The number of carbonyl (C=O) groups excluding carboxylic acids is 1. The number of anilines is 2. The van der Waals surface area contributed by atoms with Crippen molar-refractivity contribution in [3.05, 3.63) is 71.3 Å². The number of hydrogen-bond acceptors (Lipinski definition) is 4. The maximum absolute atomic E-state index is 12.2. The molecule has 0 radical (unpaired) electrons. The van der Waals surface area contributed by atoms with Crippen LogP contribution in [0.1, 0.15) is 60.6 Å². The first-order valence-electron chi connectivity index (χ1n) is 10.7. The first-order chi connectivity index (χ1) is 14.2. The Morgan fingerprint density at radius 1 is 1.10 bits per heavy atom. The van der Waals surface area contributed by atoms with Crippen molar-refractivity contribution < 1.29 is 9.53 Å². The monoisotopic (exact) mass is 390 g/mol. The summed E-state index contributed by atoms with van der Waals surface area (Å²) in [5.74, 6) is 0.537. The SMILES string of the molecule is CCOC(=O)c1ccc2c(c1)C1C=CCC1C(c1ccc(N(CC)CC)cc1)N2. The Kier molecular flexibility index (Phi) is 5.61. The molecule has 1 aliphatic heterocycles. The second kappa shape index (κ2) is 8.32. The lowest BCUT2D eigenvalue weighted by Crippen LogP contribution is -2.29. The van der Waals surface area contributed by atoms with Crippen LogP contribution in [-0.2, 0) is 4.74 Å². The number of esters is 1. The Balaban J connectivity index is 1.63. The molecular formula is C25H30N2O2. The summed E-state index contributed by atoms with van der Waals surface area (Å²) in [7, 11) is 0. The van der Waals surface area contributed by atoms with Crippen LogP contribution in [0, 0.1) is 5.92 Å². The summed E-state index contributed by atoms with van der Waals surface area (Å²) in [6, 6.07) is 15.2. The molecule has 0 saturated heterocycles. The smallest absolute Gasteiger partial charge is 0.338 e. The first-order valence-corrected chi connectivity index (χ1v) is 10.7. The van der Waals surface area contributed by atoms with Gasteiger partial charge < -0.3 is 15.0 Å². The highest BCUT2D eigenvalue weighted by molar-refractivity contribution is 5.90. The Hall–Kier alpha value is -2.75. The normalized spacial score (nSPS) is 21.8. The molecule has 0 amide bonds. The van der Waals surface area contributed by atoms with E-state index in [-0.39, 0.29) is 12.0 Å². The molecule has 0 aromatic heterocycles. The van der Waals surface area contributed by atoms with Gasteiger partial charge in [-0.25, -0.2) is 4.79 Å². The highest BCUT2D eigenvalue weighted by atomic mass is 16.5. The maximum atomic E-state index is 12.2. The van der Waals surface area contributed by atoms with E-state index in [9.17, 15) is 4.79 Å².